The first-order valence-corrected chi connectivity index (χ1v) is 10.0. The zero-order valence-electron chi connectivity index (χ0n) is 17.3. The highest BCUT2D eigenvalue weighted by molar-refractivity contribution is 5.94. The number of carbonyl (C=O) groups excluding carboxylic acids is 1. The Morgan fingerprint density at radius 1 is 1.23 bits per heavy atom. The molecule has 0 aliphatic carbocycles. The number of benzene rings is 2. The molecular formula is C23H25N3O4. The summed E-state index contributed by atoms with van der Waals surface area (Å²) in [5.74, 6) is -0.00242. The fourth-order valence-corrected chi connectivity index (χ4v) is 4.37. The van der Waals surface area contributed by atoms with Crippen molar-refractivity contribution in [2.45, 2.75) is 38.1 Å². The molecule has 0 bridgehead atoms. The molecule has 4 rings (SSSR count). The topological polar surface area (TPSA) is 84.7 Å². The second kappa shape index (κ2) is 7.82. The van der Waals surface area contributed by atoms with Gasteiger partial charge in [0.15, 0.2) is 0 Å². The average Bonchev–Trinajstić information content (AvgIpc) is 3.07. The third kappa shape index (κ3) is 3.30. The lowest BCUT2D eigenvalue weighted by Crippen LogP contribution is -2.41. The molecule has 1 aliphatic heterocycles. The predicted molar refractivity (Wildman–Crippen MR) is 114 cm³/mol. The van der Waals surface area contributed by atoms with Crippen LogP contribution in [0.4, 0.5) is 10.5 Å². The molecule has 2 heterocycles. The van der Waals surface area contributed by atoms with Crippen LogP contribution < -0.4 is 4.90 Å². The molecule has 1 aromatic heterocycles. The number of methoxy groups -OCH3 is 1. The number of amides is 1. The van der Waals surface area contributed by atoms with Crippen LogP contribution in [0.1, 0.15) is 36.2 Å². The van der Waals surface area contributed by atoms with E-state index in [1.807, 2.05) is 61.0 Å². The lowest BCUT2D eigenvalue weighted by Gasteiger charge is -2.33. The molecule has 0 spiro atoms. The molecule has 7 nitrogen and oxygen atoms in total. The van der Waals surface area contributed by atoms with Crippen molar-refractivity contribution in [2.24, 2.45) is 7.05 Å². The van der Waals surface area contributed by atoms with Gasteiger partial charge in [-0.25, -0.2) is 9.78 Å². The van der Waals surface area contributed by atoms with Gasteiger partial charge in [-0.2, -0.15) is 0 Å². The minimum atomic E-state index is -0.950. The van der Waals surface area contributed by atoms with E-state index in [0.29, 0.717) is 12.1 Å². The number of hydrogen-bond acceptors (Lipinski definition) is 4. The molecule has 3 aromatic rings. The number of carbonyl (C=O) groups is 2. The van der Waals surface area contributed by atoms with Gasteiger partial charge in [0, 0.05) is 25.1 Å². The summed E-state index contributed by atoms with van der Waals surface area (Å²) in [6.07, 6.45) is 0.968. The van der Waals surface area contributed by atoms with Gasteiger partial charge in [0.2, 0.25) is 0 Å². The Bertz CT molecular complexity index is 1110. The Balaban J connectivity index is 1.78. The first kappa shape index (κ1) is 19.9. The predicted octanol–water partition coefficient (Wildman–Crippen LogP) is 3.89. The normalized spacial score (nSPS) is 16.9. The second-order valence-electron chi connectivity index (χ2n) is 7.75. The molecule has 30 heavy (non-hydrogen) atoms. The molecular weight excluding hydrogens is 382 g/mol. The number of hydrogen-bond donors (Lipinski definition) is 1. The summed E-state index contributed by atoms with van der Waals surface area (Å²) in [5.41, 5.74) is 4.26. The summed E-state index contributed by atoms with van der Waals surface area (Å²) < 4.78 is 7.03. The maximum Gasteiger partial charge on any atom is 0.412 e. The Labute approximate surface area is 174 Å². The fraction of sp³-hybridized carbons (Fsp3) is 0.348. The van der Waals surface area contributed by atoms with Crippen LogP contribution in [0.3, 0.4) is 0 Å². The van der Waals surface area contributed by atoms with Crippen molar-refractivity contribution in [1.29, 1.82) is 0 Å². The van der Waals surface area contributed by atoms with Crippen molar-refractivity contribution in [3.63, 3.8) is 0 Å². The first-order chi connectivity index (χ1) is 14.4. The van der Waals surface area contributed by atoms with Gasteiger partial charge in [-0.1, -0.05) is 30.3 Å². The monoisotopic (exact) mass is 407 g/mol. The molecule has 0 radical (unpaired) electrons. The van der Waals surface area contributed by atoms with Gasteiger partial charge in [0.05, 0.1) is 29.7 Å². The molecule has 7 heteroatoms. The van der Waals surface area contributed by atoms with E-state index in [1.165, 1.54) is 12.0 Å². The number of fused-ring (bicyclic) bond motifs is 3. The van der Waals surface area contributed by atoms with Gasteiger partial charge in [-0.3, -0.25) is 9.69 Å². The summed E-state index contributed by atoms with van der Waals surface area (Å²) in [6, 6.07) is 13.2. The third-order valence-corrected chi connectivity index (χ3v) is 6.02. The zero-order valence-corrected chi connectivity index (χ0v) is 17.3. The minimum absolute atomic E-state index is 0.0718. The number of aryl methyl sites for hydroxylation is 2. The largest absolute Gasteiger partial charge is 0.469 e. The minimum Gasteiger partial charge on any atom is -0.469 e. The Morgan fingerprint density at radius 3 is 2.63 bits per heavy atom. The molecule has 2 aromatic carbocycles. The molecule has 156 valence electrons. The molecule has 2 atom stereocenters. The second-order valence-corrected chi connectivity index (χ2v) is 7.75. The van der Waals surface area contributed by atoms with E-state index in [0.717, 1.165) is 40.8 Å². The van der Waals surface area contributed by atoms with E-state index in [9.17, 15) is 14.7 Å². The Kier molecular flexibility index (Phi) is 5.20. The van der Waals surface area contributed by atoms with Crippen molar-refractivity contribution in [3.8, 4) is 0 Å². The number of ether oxygens (including phenoxy) is 1. The molecule has 1 N–H and O–H groups in total. The molecule has 1 unspecified atom stereocenters. The van der Waals surface area contributed by atoms with Crippen LogP contribution in [0.15, 0.2) is 42.5 Å². The van der Waals surface area contributed by atoms with Crippen LogP contribution >= 0.6 is 0 Å². The zero-order chi connectivity index (χ0) is 21.4. The number of carboxylic acid groups (broad SMARTS) is 1. The summed E-state index contributed by atoms with van der Waals surface area (Å²) >= 11 is 0. The van der Waals surface area contributed by atoms with Crippen LogP contribution in [0.5, 0.6) is 0 Å². The number of anilines is 1. The average molecular weight is 407 g/mol. The summed E-state index contributed by atoms with van der Waals surface area (Å²) in [4.78, 5) is 30.6. The van der Waals surface area contributed by atoms with Gasteiger partial charge in [-0.15, -0.1) is 0 Å². The molecule has 0 saturated heterocycles. The fourth-order valence-electron chi connectivity index (χ4n) is 4.37. The lowest BCUT2D eigenvalue weighted by atomic mass is 9.95. The van der Waals surface area contributed by atoms with Gasteiger partial charge >= 0.3 is 12.1 Å². The van der Waals surface area contributed by atoms with Gasteiger partial charge in [-0.05, 0) is 37.5 Å². The third-order valence-electron chi connectivity index (χ3n) is 6.02. The van der Waals surface area contributed by atoms with Crippen molar-refractivity contribution in [1.82, 2.24) is 9.55 Å². The van der Waals surface area contributed by atoms with E-state index in [2.05, 4.69) is 0 Å². The molecule has 0 saturated carbocycles. The van der Waals surface area contributed by atoms with E-state index in [1.54, 1.807) is 0 Å². The Hall–Kier alpha value is -3.35. The molecule has 0 fully saturated rings. The number of nitrogens with zero attached hydrogens (tertiary/aromatic N) is 3. The van der Waals surface area contributed by atoms with Crippen LogP contribution in [0.25, 0.3) is 11.0 Å². The first-order valence-electron chi connectivity index (χ1n) is 10.0. The standard InChI is InChI=1S/C23H25N3O4/c1-14-9-10-16-18(26(14)23(28)29)11-12-19-21(16)24-20(25(19)2)13-17(22(27)30-3)15-7-5-4-6-8-15/h4-8,11-12,14,17H,9-10,13H2,1-3H3,(H,28,29)/t14-,17?/m0/s1. The van der Waals surface area contributed by atoms with Crippen LogP contribution in [0, 0.1) is 0 Å². The molecule has 1 aliphatic rings. The molecule has 1 amide bonds. The number of aromatic nitrogens is 2. The summed E-state index contributed by atoms with van der Waals surface area (Å²) in [7, 11) is 3.32. The quantitative estimate of drug-likeness (QED) is 0.663. The van der Waals surface area contributed by atoms with Crippen molar-refractivity contribution in [2.75, 3.05) is 12.0 Å². The van der Waals surface area contributed by atoms with Gasteiger partial charge in [0.1, 0.15) is 5.82 Å². The van der Waals surface area contributed by atoms with Gasteiger partial charge < -0.3 is 14.4 Å². The maximum atomic E-state index is 12.5. The summed E-state index contributed by atoms with van der Waals surface area (Å²) in [6.45, 7) is 1.92. The van der Waals surface area contributed by atoms with Gasteiger partial charge in [0.25, 0.3) is 0 Å². The van der Waals surface area contributed by atoms with E-state index in [-0.39, 0.29) is 12.0 Å². The lowest BCUT2D eigenvalue weighted by molar-refractivity contribution is -0.142. The van der Waals surface area contributed by atoms with Crippen LogP contribution in [-0.2, 0) is 29.4 Å². The number of rotatable bonds is 4. The highest BCUT2D eigenvalue weighted by atomic mass is 16.5. The van der Waals surface area contributed by atoms with Crippen molar-refractivity contribution < 1.29 is 19.4 Å². The maximum absolute atomic E-state index is 12.5. The summed E-state index contributed by atoms with van der Waals surface area (Å²) in [5, 5.41) is 9.67. The van der Waals surface area contributed by atoms with Crippen LogP contribution in [0.2, 0.25) is 0 Å². The van der Waals surface area contributed by atoms with E-state index in [4.69, 9.17) is 9.72 Å². The Morgan fingerprint density at radius 2 is 1.97 bits per heavy atom. The van der Waals surface area contributed by atoms with Crippen molar-refractivity contribution in [3.05, 3.63) is 59.4 Å². The highest BCUT2D eigenvalue weighted by Crippen LogP contribution is 2.36. The SMILES string of the molecule is COC(=O)C(Cc1nc2c3c(ccc2n1C)N(C(=O)O)[C@@H](C)CC3)c1ccccc1. The van der Waals surface area contributed by atoms with E-state index < -0.39 is 12.0 Å². The number of esters is 1. The van der Waals surface area contributed by atoms with Crippen molar-refractivity contribution >= 4 is 28.8 Å². The number of imidazole rings is 1. The van der Waals surface area contributed by atoms with Crippen LogP contribution in [-0.4, -0.2) is 39.9 Å². The smallest absolute Gasteiger partial charge is 0.412 e. The van der Waals surface area contributed by atoms with E-state index >= 15 is 0 Å². The highest BCUT2D eigenvalue weighted by Gasteiger charge is 2.31.